The number of likely N-dealkylation sites (N-methyl/N-ethyl adjacent to an activating group) is 1. The maximum absolute atomic E-state index is 11.9. The summed E-state index contributed by atoms with van der Waals surface area (Å²) in [4.78, 5) is 16.7. The van der Waals surface area contributed by atoms with Crippen LogP contribution in [0.5, 0.6) is 0 Å². The monoisotopic (exact) mass is 319 g/mol. The first-order chi connectivity index (χ1) is 11.1. The molecule has 0 bridgehead atoms. The van der Waals surface area contributed by atoms with Crippen LogP contribution in [0.2, 0.25) is 0 Å². The van der Waals surface area contributed by atoms with Gasteiger partial charge in [-0.3, -0.25) is 9.69 Å². The van der Waals surface area contributed by atoms with Gasteiger partial charge in [-0.25, -0.2) is 0 Å². The van der Waals surface area contributed by atoms with Crippen molar-refractivity contribution in [1.82, 2.24) is 15.1 Å². The van der Waals surface area contributed by atoms with Gasteiger partial charge in [0.15, 0.2) is 0 Å². The van der Waals surface area contributed by atoms with Crippen LogP contribution in [0.1, 0.15) is 24.1 Å². The fourth-order valence-electron chi connectivity index (χ4n) is 2.84. The fraction of sp³-hybridized carbons (Fsp3) is 0.611. The lowest BCUT2D eigenvalue weighted by Crippen LogP contribution is -2.48. The summed E-state index contributed by atoms with van der Waals surface area (Å²) in [5.41, 5.74) is 2.52. The number of amides is 1. The quantitative estimate of drug-likeness (QED) is 0.826. The Morgan fingerprint density at radius 1 is 1.22 bits per heavy atom. The molecular formula is C18H29N3O2. The van der Waals surface area contributed by atoms with Crippen LogP contribution in [0.25, 0.3) is 0 Å². The number of rotatable bonds is 7. The van der Waals surface area contributed by atoms with Crippen LogP contribution in [0.3, 0.4) is 0 Å². The van der Waals surface area contributed by atoms with E-state index >= 15 is 0 Å². The molecule has 1 amide bonds. The van der Waals surface area contributed by atoms with Gasteiger partial charge in [0.2, 0.25) is 5.91 Å². The van der Waals surface area contributed by atoms with Crippen LogP contribution in [0, 0.1) is 6.92 Å². The van der Waals surface area contributed by atoms with E-state index in [9.17, 15) is 4.79 Å². The minimum Gasteiger partial charge on any atom is -0.372 e. The van der Waals surface area contributed by atoms with E-state index in [0.29, 0.717) is 13.2 Å². The molecule has 2 rings (SSSR count). The molecule has 5 nitrogen and oxygen atoms in total. The molecule has 0 radical (unpaired) electrons. The molecule has 1 fully saturated rings. The van der Waals surface area contributed by atoms with Gasteiger partial charge in [-0.1, -0.05) is 29.8 Å². The van der Waals surface area contributed by atoms with Gasteiger partial charge >= 0.3 is 0 Å². The zero-order valence-electron chi connectivity index (χ0n) is 14.5. The molecule has 23 heavy (non-hydrogen) atoms. The van der Waals surface area contributed by atoms with Gasteiger partial charge in [0.05, 0.1) is 6.04 Å². The van der Waals surface area contributed by atoms with Crippen molar-refractivity contribution in [3.8, 4) is 0 Å². The molecule has 1 aromatic carbocycles. The molecule has 128 valence electrons. The molecule has 0 aliphatic carbocycles. The van der Waals surface area contributed by atoms with Crippen molar-refractivity contribution in [3.05, 3.63) is 35.4 Å². The smallest absolute Gasteiger partial charge is 0.246 e. The molecular weight excluding hydrogens is 290 g/mol. The SMILES string of the molecule is CCOCC(=O)NC[C@@H](c1ccc(C)cc1)N1CCN(C)CC1. The summed E-state index contributed by atoms with van der Waals surface area (Å²) in [5.74, 6) is -0.0434. The van der Waals surface area contributed by atoms with E-state index < -0.39 is 0 Å². The van der Waals surface area contributed by atoms with Crippen LogP contribution in [0.4, 0.5) is 0 Å². The Morgan fingerprint density at radius 2 is 1.87 bits per heavy atom. The average molecular weight is 319 g/mol. The van der Waals surface area contributed by atoms with E-state index in [2.05, 4.69) is 53.4 Å². The number of ether oxygens (including phenoxy) is 1. The average Bonchev–Trinajstić information content (AvgIpc) is 2.56. The zero-order valence-corrected chi connectivity index (χ0v) is 14.5. The number of carbonyl (C=O) groups excluding carboxylic acids is 1. The molecule has 5 heteroatoms. The molecule has 1 heterocycles. The fourth-order valence-corrected chi connectivity index (χ4v) is 2.84. The number of aryl methyl sites for hydroxylation is 1. The highest BCUT2D eigenvalue weighted by molar-refractivity contribution is 5.77. The van der Waals surface area contributed by atoms with Crippen molar-refractivity contribution in [2.24, 2.45) is 0 Å². The predicted octanol–water partition coefficient (Wildman–Crippen LogP) is 1.44. The lowest BCUT2D eigenvalue weighted by Gasteiger charge is -2.38. The number of hydrogen-bond acceptors (Lipinski definition) is 4. The largest absolute Gasteiger partial charge is 0.372 e. The van der Waals surface area contributed by atoms with Crippen molar-refractivity contribution in [2.45, 2.75) is 19.9 Å². The molecule has 1 aliphatic rings. The number of nitrogens with zero attached hydrogens (tertiary/aromatic N) is 2. The number of carbonyl (C=O) groups is 1. The van der Waals surface area contributed by atoms with Crippen molar-refractivity contribution >= 4 is 5.91 Å². The summed E-state index contributed by atoms with van der Waals surface area (Å²) in [6, 6.07) is 8.84. The first-order valence-electron chi connectivity index (χ1n) is 8.43. The predicted molar refractivity (Wildman–Crippen MR) is 92.5 cm³/mol. The van der Waals surface area contributed by atoms with E-state index in [1.165, 1.54) is 11.1 Å². The topological polar surface area (TPSA) is 44.8 Å². The number of piperazine rings is 1. The molecule has 1 aliphatic heterocycles. The molecule has 0 aromatic heterocycles. The summed E-state index contributed by atoms with van der Waals surface area (Å²) in [6.45, 7) is 9.49. The first kappa shape index (κ1) is 17.9. The lowest BCUT2D eigenvalue weighted by molar-refractivity contribution is -0.125. The third kappa shape index (κ3) is 5.61. The Morgan fingerprint density at radius 3 is 2.48 bits per heavy atom. The van der Waals surface area contributed by atoms with Crippen LogP contribution in [-0.2, 0) is 9.53 Å². The molecule has 1 N–H and O–H groups in total. The summed E-state index contributed by atoms with van der Waals surface area (Å²) in [7, 11) is 2.15. The Labute approximate surface area is 139 Å². The van der Waals surface area contributed by atoms with Crippen LogP contribution < -0.4 is 5.32 Å². The summed E-state index contributed by atoms with van der Waals surface area (Å²) in [5, 5.41) is 3.02. The third-order valence-corrected chi connectivity index (χ3v) is 4.37. The standard InChI is InChI=1S/C18H29N3O2/c1-4-23-14-18(22)19-13-17(16-7-5-15(2)6-8-16)21-11-9-20(3)10-12-21/h5-8,17H,4,9-14H2,1-3H3,(H,19,22)/t17-/m0/s1. The first-order valence-corrected chi connectivity index (χ1v) is 8.43. The Kier molecular flexibility index (Phi) is 7.02. The molecule has 0 spiro atoms. The summed E-state index contributed by atoms with van der Waals surface area (Å²) < 4.78 is 5.18. The van der Waals surface area contributed by atoms with Gasteiger partial charge in [0.1, 0.15) is 6.61 Å². The summed E-state index contributed by atoms with van der Waals surface area (Å²) in [6.07, 6.45) is 0. The number of nitrogens with one attached hydrogen (secondary N) is 1. The Bertz CT molecular complexity index is 482. The van der Waals surface area contributed by atoms with E-state index in [4.69, 9.17) is 4.74 Å². The van der Waals surface area contributed by atoms with Crippen molar-refractivity contribution in [3.63, 3.8) is 0 Å². The van der Waals surface area contributed by atoms with Crippen LogP contribution in [-0.4, -0.2) is 68.7 Å². The van der Waals surface area contributed by atoms with Gasteiger partial charge in [-0.05, 0) is 26.5 Å². The molecule has 1 atom stereocenters. The Balaban J connectivity index is 2.02. The van der Waals surface area contributed by atoms with Crippen molar-refractivity contribution in [2.75, 3.05) is 53.0 Å². The van der Waals surface area contributed by atoms with Crippen LogP contribution >= 0.6 is 0 Å². The van der Waals surface area contributed by atoms with E-state index in [1.54, 1.807) is 0 Å². The normalized spacial score (nSPS) is 17.9. The Hall–Kier alpha value is -1.43. The molecule has 1 aromatic rings. The van der Waals surface area contributed by atoms with Gasteiger partial charge in [-0.2, -0.15) is 0 Å². The molecule has 0 unspecified atom stereocenters. The van der Waals surface area contributed by atoms with Gasteiger partial charge < -0.3 is 15.0 Å². The summed E-state index contributed by atoms with van der Waals surface area (Å²) >= 11 is 0. The van der Waals surface area contributed by atoms with Crippen LogP contribution in [0.15, 0.2) is 24.3 Å². The second-order valence-electron chi connectivity index (χ2n) is 6.21. The van der Waals surface area contributed by atoms with Gasteiger partial charge in [0.25, 0.3) is 0 Å². The minimum atomic E-state index is -0.0434. The van der Waals surface area contributed by atoms with E-state index in [0.717, 1.165) is 26.2 Å². The third-order valence-electron chi connectivity index (χ3n) is 4.37. The number of benzene rings is 1. The highest BCUT2D eigenvalue weighted by Crippen LogP contribution is 2.22. The maximum Gasteiger partial charge on any atom is 0.246 e. The molecule has 1 saturated heterocycles. The zero-order chi connectivity index (χ0) is 16.7. The van der Waals surface area contributed by atoms with Crippen molar-refractivity contribution in [1.29, 1.82) is 0 Å². The highest BCUT2D eigenvalue weighted by atomic mass is 16.5. The van der Waals surface area contributed by atoms with Crippen molar-refractivity contribution < 1.29 is 9.53 Å². The lowest BCUT2D eigenvalue weighted by atomic mass is 10.0. The second-order valence-corrected chi connectivity index (χ2v) is 6.21. The second kappa shape index (κ2) is 9.01. The van der Waals surface area contributed by atoms with E-state index in [-0.39, 0.29) is 18.6 Å². The number of hydrogen-bond donors (Lipinski definition) is 1. The van der Waals surface area contributed by atoms with Gasteiger partial charge in [0, 0.05) is 39.3 Å². The van der Waals surface area contributed by atoms with E-state index in [1.807, 2.05) is 6.92 Å². The minimum absolute atomic E-state index is 0.0434. The maximum atomic E-state index is 11.9. The highest BCUT2D eigenvalue weighted by Gasteiger charge is 2.24. The molecule has 0 saturated carbocycles. The van der Waals surface area contributed by atoms with Gasteiger partial charge in [-0.15, -0.1) is 0 Å².